The molecule has 0 N–H and O–H groups in total. The molecule has 0 aromatic heterocycles. The SMILES string of the molecule is c1ccc(S[PH2](Sc2ccccc2)C(P(c2ccccc2)c2ccccc2)P(c2ccccc2)c2ccccc2)cc1. The standard InChI is InChI=1S/C37H33P3S2/c1-7-19-31(20-8-1)38(32-21-9-2-10-22-32)37(39(33-23-11-3-12-24-33)34-25-13-4-14-26-34)40(41-35-27-15-5-16-28-35)42-36-29-17-6-18-30-36/h1-30,37H,40H2. The minimum atomic E-state index is -1.71. The van der Waals surface area contributed by atoms with Crippen LogP contribution >= 0.6 is 44.9 Å². The zero-order valence-corrected chi connectivity index (χ0v) is 27.8. The Morgan fingerprint density at radius 3 is 0.833 bits per heavy atom. The van der Waals surface area contributed by atoms with Gasteiger partial charge in [0.25, 0.3) is 0 Å². The third-order valence-electron chi connectivity index (χ3n) is 6.90. The van der Waals surface area contributed by atoms with Gasteiger partial charge in [-0.15, -0.1) is 0 Å². The molecule has 0 saturated carbocycles. The Morgan fingerprint density at radius 1 is 0.333 bits per heavy atom. The van der Waals surface area contributed by atoms with E-state index in [1.54, 1.807) is 0 Å². The third kappa shape index (κ3) is 7.44. The molecule has 6 aromatic carbocycles. The zero-order chi connectivity index (χ0) is 28.4. The number of benzene rings is 6. The van der Waals surface area contributed by atoms with E-state index in [0.29, 0.717) is 5.14 Å². The van der Waals surface area contributed by atoms with E-state index in [0.717, 1.165) is 0 Å². The van der Waals surface area contributed by atoms with Crippen LogP contribution in [0.5, 0.6) is 0 Å². The Balaban J connectivity index is 1.61. The third-order valence-corrected chi connectivity index (χ3v) is 27.2. The molecular weight excluding hydrogens is 601 g/mol. The fraction of sp³-hybridized carbons (Fsp3) is 0.0270. The van der Waals surface area contributed by atoms with Gasteiger partial charge < -0.3 is 0 Å². The average molecular weight is 635 g/mol. The van der Waals surface area contributed by atoms with Gasteiger partial charge in [0.05, 0.1) is 0 Å². The first-order valence-corrected chi connectivity index (χ1v) is 22.2. The minimum absolute atomic E-state index is 0.472. The summed E-state index contributed by atoms with van der Waals surface area (Å²) in [6.07, 6.45) is -1.71. The van der Waals surface area contributed by atoms with Crippen LogP contribution < -0.4 is 21.2 Å². The van der Waals surface area contributed by atoms with Gasteiger partial charge >= 0.3 is 263 Å². The van der Waals surface area contributed by atoms with Crippen molar-refractivity contribution in [3.05, 3.63) is 182 Å². The van der Waals surface area contributed by atoms with E-state index in [1.807, 2.05) is 0 Å². The summed E-state index contributed by atoms with van der Waals surface area (Å²) in [6, 6.07) is 67.6. The number of rotatable bonds is 11. The number of hydrogen-bond acceptors (Lipinski definition) is 2. The first kappa shape index (κ1) is 29.4. The van der Waals surface area contributed by atoms with E-state index in [-0.39, 0.29) is 0 Å². The van der Waals surface area contributed by atoms with Crippen molar-refractivity contribution < 1.29 is 0 Å². The monoisotopic (exact) mass is 634 g/mol. The topological polar surface area (TPSA) is 0 Å². The predicted octanol–water partition coefficient (Wildman–Crippen LogP) is 9.90. The summed E-state index contributed by atoms with van der Waals surface area (Å²) in [7, 11) is -1.37. The fourth-order valence-electron chi connectivity index (χ4n) is 5.03. The molecule has 0 amide bonds. The summed E-state index contributed by atoms with van der Waals surface area (Å²) in [6.45, 7) is 0. The molecule has 0 saturated heterocycles. The van der Waals surface area contributed by atoms with Crippen LogP contribution in [0.4, 0.5) is 0 Å². The van der Waals surface area contributed by atoms with Gasteiger partial charge in [-0.1, -0.05) is 0 Å². The van der Waals surface area contributed by atoms with Crippen molar-refractivity contribution in [1.29, 1.82) is 0 Å². The molecule has 0 nitrogen and oxygen atoms in total. The van der Waals surface area contributed by atoms with Crippen LogP contribution in [-0.4, -0.2) is 5.14 Å². The Kier molecular flexibility index (Phi) is 10.6. The molecule has 42 heavy (non-hydrogen) atoms. The molecule has 6 rings (SSSR count). The van der Waals surface area contributed by atoms with Gasteiger partial charge in [-0.05, 0) is 0 Å². The molecule has 0 aliphatic heterocycles. The molecule has 0 fully saturated rings. The van der Waals surface area contributed by atoms with Gasteiger partial charge in [-0.2, -0.15) is 0 Å². The van der Waals surface area contributed by atoms with Crippen molar-refractivity contribution in [3.8, 4) is 0 Å². The van der Waals surface area contributed by atoms with E-state index in [4.69, 9.17) is 0 Å². The zero-order valence-electron chi connectivity index (χ0n) is 23.2. The van der Waals surface area contributed by atoms with Gasteiger partial charge in [-0.25, -0.2) is 0 Å². The molecule has 208 valence electrons. The van der Waals surface area contributed by atoms with Crippen LogP contribution in [-0.2, 0) is 0 Å². The molecule has 0 radical (unpaired) electrons. The molecule has 5 heteroatoms. The predicted molar refractivity (Wildman–Crippen MR) is 196 cm³/mol. The molecule has 0 aliphatic rings. The quantitative estimate of drug-likeness (QED) is 0.130. The van der Waals surface area contributed by atoms with Crippen LogP contribution in [0.2, 0.25) is 0 Å². The average Bonchev–Trinajstić information content (AvgIpc) is 3.07. The first-order chi connectivity index (χ1) is 20.9. The Labute approximate surface area is 261 Å². The molecule has 6 aromatic rings. The van der Waals surface area contributed by atoms with E-state index < -0.39 is 22.2 Å². The van der Waals surface area contributed by atoms with Crippen molar-refractivity contribution >= 4 is 66.2 Å². The van der Waals surface area contributed by atoms with Crippen molar-refractivity contribution in [2.45, 2.75) is 14.9 Å². The molecule has 0 atom stereocenters. The molecule has 0 spiro atoms. The van der Waals surface area contributed by atoms with Gasteiger partial charge in [0.15, 0.2) is 0 Å². The Hall–Kier alpha value is -2.69. The second-order valence-corrected chi connectivity index (χ2v) is 24.1. The van der Waals surface area contributed by atoms with Crippen molar-refractivity contribution in [2.24, 2.45) is 0 Å². The van der Waals surface area contributed by atoms with Gasteiger partial charge in [0.2, 0.25) is 0 Å². The second kappa shape index (κ2) is 15.2. The fourth-order valence-corrected chi connectivity index (χ4v) is 29.3. The summed E-state index contributed by atoms with van der Waals surface area (Å²) in [5, 5.41) is 6.32. The van der Waals surface area contributed by atoms with Crippen LogP contribution in [0.3, 0.4) is 0 Å². The number of hydrogen-bond donors (Lipinski definition) is 0. The maximum absolute atomic E-state index is 2.38. The molecule has 0 aliphatic carbocycles. The molecular formula is C37H33P3S2. The van der Waals surface area contributed by atoms with Crippen molar-refractivity contribution in [3.63, 3.8) is 0 Å². The normalized spacial score (nSPS) is 11.6. The summed E-state index contributed by atoms with van der Waals surface area (Å²) < 4.78 is 0. The van der Waals surface area contributed by atoms with E-state index in [1.165, 1.54) is 31.0 Å². The van der Waals surface area contributed by atoms with Crippen LogP contribution in [0.1, 0.15) is 0 Å². The van der Waals surface area contributed by atoms with Crippen LogP contribution in [0, 0.1) is 0 Å². The van der Waals surface area contributed by atoms with Crippen molar-refractivity contribution in [1.82, 2.24) is 0 Å². The summed E-state index contributed by atoms with van der Waals surface area (Å²) in [5.74, 6) is 0. The van der Waals surface area contributed by atoms with Gasteiger partial charge in [0.1, 0.15) is 0 Å². The van der Waals surface area contributed by atoms with Crippen LogP contribution in [0.15, 0.2) is 192 Å². The summed E-state index contributed by atoms with van der Waals surface area (Å²) in [5.41, 5.74) is 0. The second-order valence-electron chi connectivity index (χ2n) is 9.73. The Bertz CT molecular complexity index is 1420. The van der Waals surface area contributed by atoms with E-state index in [9.17, 15) is 0 Å². The Morgan fingerprint density at radius 2 is 0.571 bits per heavy atom. The molecule has 0 heterocycles. The summed E-state index contributed by atoms with van der Waals surface area (Å²) in [4.78, 5) is 2.74. The first-order valence-electron chi connectivity index (χ1n) is 14.1. The van der Waals surface area contributed by atoms with E-state index >= 15 is 0 Å². The molecule has 0 bridgehead atoms. The van der Waals surface area contributed by atoms with Crippen LogP contribution in [0.25, 0.3) is 0 Å². The molecule has 0 unspecified atom stereocenters. The maximum atomic E-state index is 2.38. The van der Waals surface area contributed by atoms with Gasteiger partial charge in [0, 0.05) is 0 Å². The van der Waals surface area contributed by atoms with Gasteiger partial charge in [-0.3, -0.25) is 0 Å². The summed E-state index contributed by atoms with van der Waals surface area (Å²) >= 11 is 4.32. The van der Waals surface area contributed by atoms with Crippen molar-refractivity contribution in [2.75, 3.05) is 0 Å². The van der Waals surface area contributed by atoms with E-state index in [2.05, 4.69) is 205 Å².